The van der Waals surface area contributed by atoms with Crippen molar-refractivity contribution in [3.63, 3.8) is 0 Å². The molecule has 0 aliphatic rings. The van der Waals surface area contributed by atoms with Crippen LogP contribution in [0.2, 0.25) is 0 Å². The van der Waals surface area contributed by atoms with Gasteiger partial charge in [-0.05, 0) is 57.0 Å². The van der Waals surface area contributed by atoms with E-state index in [1.165, 1.54) is 11.1 Å². The molecule has 0 spiro atoms. The number of benzene rings is 2. The quantitative estimate of drug-likeness (QED) is 0.823. The minimum Gasteiger partial charge on any atom is -0.496 e. The van der Waals surface area contributed by atoms with Crippen LogP contribution in [-0.2, 0) is 17.9 Å². The summed E-state index contributed by atoms with van der Waals surface area (Å²) in [5.41, 5.74) is 5.75. The Labute approximate surface area is 157 Å². The second kappa shape index (κ2) is 8.86. The van der Waals surface area contributed by atoms with E-state index in [4.69, 9.17) is 4.74 Å². The van der Waals surface area contributed by atoms with Crippen LogP contribution in [0.3, 0.4) is 0 Å². The highest BCUT2D eigenvalue weighted by molar-refractivity contribution is 5.81. The molecular formula is C22H30N2O2. The van der Waals surface area contributed by atoms with Crippen molar-refractivity contribution >= 4 is 5.91 Å². The van der Waals surface area contributed by atoms with Crippen molar-refractivity contribution in [1.29, 1.82) is 0 Å². The fourth-order valence-corrected chi connectivity index (χ4v) is 3.12. The summed E-state index contributed by atoms with van der Waals surface area (Å²) in [6.45, 7) is 9.36. The van der Waals surface area contributed by atoms with Crippen molar-refractivity contribution in [3.8, 4) is 5.75 Å². The highest BCUT2D eigenvalue weighted by atomic mass is 16.5. The van der Waals surface area contributed by atoms with Gasteiger partial charge in [-0.25, -0.2) is 0 Å². The maximum Gasteiger partial charge on any atom is 0.237 e. The predicted molar refractivity (Wildman–Crippen MR) is 106 cm³/mol. The van der Waals surface area contributed by atoms with Crippen LogP contribution in [-0.4, -0.2) is 31.0 Å². The highest BCUT2D eigenvalue weighted by Gasteiger charge is 2.18. The minimum absolute atomic E-state index is 0.0371. The van der Waals surface area contributed by atoms with Crippen LogP contribution in [0.5, 0.6) is 5.75 Å². The molecule has 0 bridgehead atoms. The first-order valence-electron chi connectivity index (χ1n) is 8.99. The Bertz CT molecular complexity index is 730. The molecule has 4 heteroatoms. The van der Waals surface area contributed by atoms with E-state index < -0.39 is 0 Å². The molecule has 0 saturated carbocycles. The van der Waals surface area contributed by atoms with Crippen LogP contribution in [0.25, 0.3) is 0 Å². The maximum atomic E-state index is 12.5. The van der Waals surface area contributed by atoms with E-state index in [9.17, 15) is 4.79 Å². The van der Waals surface area contributed by atoms with Crippen molar-refractivity contribution in [1.82, 2.24) is 10.2 Å². The third kappa shape index (κ3) is 5.09. The first-order valence-corrected chi connectivity index (χ1v) is 8.99. The second-order valence-corrected chi connectivity index (χ2v) is 7.06. The lowest BCUT2D eigenvalue weighted by atomic mass is 10.0. The third-order valence-electron chi connectivity index (χ3n) is 4.78. The zero-order valence-electron chi connectivity index (χ0n) is 16.7. The summed E-state index contributed by atoms with van der Waals surface area (Å²) >= 11 is 0. The van der Waals surface area contributed by atoms with Crippen LogP contribution in [0.15, 0.2) is 36.4 Å². The van der Waals surface area contributed by atoms with Crippen molar-refractivity contribution in [3.05, 3.63) is 64.2 Å². The van der Waals surface area contributed by atoms with Gasteiger partial charge in [-0.15, -0.1) is 0 Å². The van der Waals surface area contributed by atoms with Crippen LogP contribution in [0.1, 0.15) is 34.7 Å². The van der Waals surface area contributed by atoms with Crippen LogP contribution < -0.4 is 10.1 Å². The third-order valence-corrected chi connectivity index (χ3v) is 4.78. The molecule has 0 aromatic heterocycles. The molecule has 0 aliphatic heterocycles. The summed E-state index contributed by atoms with van der Waals surface area (Å²) in [6.07, 6.45) is 0. The molecule has 0 radical (unpaired) electrons. The van der Waals surface area contributed by atoms with Gasteiger partial charge in [-0.3, -0.25) is 9.69 Å². The Kier molecular flexibility index (Phi) is 6.81. The topological polar surface area (TPSA) is 41.6 Å². The van der Waals surface area contributed by atoms with Crippen molar-refractivity contribution in [2.45, 2.75) is 46.8 Å². The van der Waals surface area contributed by atoms with Gasteiger partial charge in [-0.2, -0.15) is 0 Å². The molecule has 2 rings (SSSR count). The number of ether oxygens (including phenoxy) is 1. The molecule has 4 nitrogen and oxygen atoms in total. The van der Waals surface area contributed by atoms with E-state index in [1.54, 1.807) is 7.11 Å². The van der Waals surface area contributed by atoms with Gasteiger partial charge in [-0.1, -0.05) is 42.0 Å². The lowest BCUT2D eigenvalue weighted by Crippen LogP contribution is -2.42. The molecule has 0 heterocycles. The SMILES string of the molecule is COc1c(C)cc(CN(C)C(C)C(=O)NCc2ccc(C)cc2)cc1C. The summed E-state index contributed by atoms with van der Waals surface area (Å²) in [5, 5.41) is 3.03. The molecule has 2 aromatic rings. The van der Waals surface area contributed by atoms with Gasteiger partial charge in [0.1, 0.15) is 5.75 Å². The zero-order chi connectivity index (χ0) is 19.3. The monoisotopic (exact) mass is 354 g/mol. The average Bonchev–Trinajstić information content (AvgIpc) is 2.60. The summed E-state index contributed by atoms with van der Waals surface area (Å²) < 4.78 is 5.43. The average molecular weight is 354 g/mol. The number of rotatable bonds is 7. The number of carbonyl (C=O) groups is 1. The molecule has 1 N–H and O–H groups in total. The van der Waals surface area contributed by atoms with Gasteiger partial charge >= 0.3 is 0 Å². The number of nitrogens with zero attached hydrogens (tertiary/aromatic N) is 1. The molecule has 26 heavy (non-hydrogen) atoms. The number of hydrogen-bond acceptors (Lipinski definition) is 3. The fourth-order valence-electron chi connectivity index (χ4n) is 3.12. The lowest BCUT2D eigenvalue weighted by Gasteiger charge is -2.24. The standard InChI is InChI=1S/C22H30N2O2/c1-15-7-9-19(10-8-15)13-23-22(25)18(4)24(5)14-20-11-16(2)21(26-6)17(3)12-20/h7-12,18H,13-14H2,1-6H3,(H,23,25). The van der Waals surface area contributed by atoms with Gasteiger partial charge in [0.15, 0.2) is 0 Å². The number of amides is 1. The van der Waals surface area contributed by atoms with Gasteiger partial charge < -0.3 is 10.1 Å². The Hall–Kier alpha value is -2.33. The molecule has 1 unspecified atom stereocenters. The van der Waals surface area contributed by atoms with E-state index in [-0.39, 0.29) is 11.9 Å². The van der Waals surface area contributed by atoms with Gasteiger partial charge in [0.05, 0.1) is 13.2 Å². The molecule has 0 fully saturated rings. The maximum absolute atomic E-state index is 12.5. The molecular weight excluding hydrogens is 324 g/mol. The molecule has 1 amide bonds. The smallest absolute Gasteiger partial charge is 0.237 e. The lowest BCUT2D eigenvalue weighted by molar-refractivity contribution is -0.125. The van der Waals surface area contributed by atoms with E-state index >= 15 is 0 Å². The first kappa shape index (κ1) is 20.0. The first-order chi connectivity index (χ1) is 12.3. The zero-order valence-corrected chi connectivity index (χ0v) is 16.7. The van der Waals surface area contributed by atoms with Crippen LogP contribution >= 0.6 is 0 Å². The van der Waals surface area contributed by atoms with E-state index in [1.807, 2.05) is 40.0 Å². The minimum atomic E-state index is -0.205. The van der Waals surface area contributed by atoms with Crippen LogP contribution in [0.4, 0.5) is 0 Å². The van der Waals surface area contributed by atoms with E-state index in [2.05, 4.69) is 41.4 Å². The van der Waals surface area contributed by atoms with Crippen molar-refractivity contribution in [2.24, 2.45) is 0 Å². The Balaban J connectivity index is 1.94. The predicted octanol–water partition coefficient (Wildman–Crippen LogP) is 3.76. The number of carbonyl (C=O) groups excluding carboxylic acids is 1. The molecule has 1 atom stereocenters. The fraction of sp³-hybridized carbons (Fsp3) is 0.409. The van der Waals surface area contributed by atoms with E-state index in [0.717, 1.165) is 22.4 Å². The summed E-state index contributed by atoms with van der Waals surface area (Å²) in [6, 6.07) is 12.3. The van der Waals surface area contributed by atoms with Crippen LogP contribution in [0, 0.1) is 20.8 Å². The Morgan fingerprint density at radius 1 is 1.08 bits per heavy atom. The Morgan fingerprint density at radius 3 is 2.19 bits per heavy atom. The number of nitrogens with one attached hydrogen (secondary N) is 1. The van der Waals surface area contributed by atoms with Gasteiger partial charge in [0.25, 0.3) is 0 Å². The molecule has 0 saturated heterocycles. The number of aryl methyl sites for hydroxylation is 3. The number of methoxy groups -OCH3 is 1. The number of hydrogen-bond donors (Lipinski definition) is 1. The van der Waals surface area contributed by atoms with E-state index in [0.29, 0.717) is 13.1 Å². The number of likely N-dealkylation sites (N-methyl/N-ethyl adjacent to an activating group) is 1. The molecule has 0 aliphatic carbocycles. The highest BCUT2D eigenvalue weighted by Crippen LogP contribution is 2.25. The molecule has 2 aromatic carbocycles. The van der Waals surface area contributed by atoms with Gasteiger partial charge in [0, 0.05) is 13.1 Å². The summed E-state index contributed by atoms with van der Waals surface area (Å²) in [5.74, 6) is 0.968. The normalized spacial score (nSPS) is 12.1. The summed E-state index contributed by atoms with van der Waals surface area (Å²) in [4.78, 5) is 14.5. The summed E-state index contributed by atoms with van der Waals surface area (Å²) in [7, 11) is 3.67. The van der Waals surface area contributed by atoms with Crippen molar-refractivity contribution < 1.29 is 9.53 Å². The largest absolute Gasteiger partial charge is 0.496 e. The van der Waals surface area contributed by atoms with Crippen molar-refractivity contribution in [2.75, 3.05) is 14.2 Å². The van der Waals surface area contributed by atoms with Gasteiger partial charge in [0.2, 0.25) is 5.91 Å². The second-order valence-electron chi connectivity index (χ2n) is 7.06. The Morgan fingerprint density at radius 2 is 1.65 bits per heavy atom. The molecule has 140 valence electrons.